The normalized spacial score (nSPS) is 30.6. The highest BCUT2D eigenvalue weighted by Gasteiger charge is 2.36. The third kappa shape index (κ3) is 1.86. The van der Waals surface area contributed by atoms with Crippen LogP contribution in [-0.2, 0) is 12.1 Å². The molecule has 4 heteroatoms. The number of hydrogen-bond acceptors (Lipinski definition) is 3. The van der Waals surface area contributed by atoms with Gasteiger partial charge in [0.1, 0.15) is 5.82 Å². The Kier molecular flexibility index (Phi) is 3.02. The summed E-state index contributed by atoms with van der Waals surface area (Å²) in [7, 11) is 0. The zero-order chi connectivity index (χ0) is 11.8. The summed E-state index contributed by atoms with van der Waals surface area (Å²) in [6.07, 6.45) is 4.47. The van der Waals surface area contributed by atoms with Crippen LogP contribution < -0.4 is 5.73 Å². The maximum absolute atomic E-state index is 6.51. The first kappa shape index (κ1) is 11.6. The molecular formula is C12H22N4. The molecule has 0 saturated heterocycles. The van der Waals surface area contributed by atoms with Crippen molar-refractivity contribution in [3.8, 4) is 0 Å². The third-order valence-corrected chi connectivity index (χ3v) is 3.86. The van der Waals surface area contributed by atoms with Crippen LogP contribution in [0.15, 0.2) is 0 Å². The topological polar surface area (TPSA) is 56.7 Å². The summed E-state index contributed by atoms with van der Waals surface area (Å²) in [4.78, 5) is 0. The summed E-state index contributed by atoms with van der Waals surface area (Å²) in [5.41, 5.74) is 6.26. The Morgan fingerprint density at radius 1 is 1.38 bits per heavy atom. The lowest BCUT2D eigenvalue weighted by Gasteiger charge is -2.35. The van der Waals surface area contributed by atoms with Crippen LogP contribution in [0.25, 0.3) is 0 Å². The minimum absolute atomic E-state index is 0.246. The van der Waals surface area contributed by atoms with Gasteiger partial charge >= 0.3 is 0 Å². The van der Waals surface area contributed by atoms with Gasteiger partial charge in [0.25, 0.3) is 0 Å². The van der Waals surface area contributed by atoms with Crippen LogP contribution >= 0.6 is 0 Å². The molecule has 1 aliphatic carbocycles. The Hall–Kier alpha value is -0.900. The van der Waals surface area contributed by atoms with E-state index in [-0.39, 0.29) is 5.54 Å². The van der Waals surface area contributed by atoms with Crippen molar-refractivity contribution in [1.82, 2.24) is 14.8 Å². The fourth-order valence-corrected chi connectivity index (χ4v) is 2.63. The summed E-state index contributed by atoms with van der Waals surface area (Å²) in [5, 5.41) is 8.45. The standard InChI is InChI=1S/C12H22N4/c1-4-16-10(3)14-15-11(16)12(13)7-5-9(2)6-8-12/h9H,4-8,13H2,1-3H3. The molecule has 90 valence electrons. The van der Waals surface area contributed by atoms with Crippen molar-refractivity contribution in [2.45, 2.75) is 58.5 Å². The molecule has 1 aromatic rings. The molecule has 2 N–H and O–H groups in total. The Labute approximate surface area is 97.2 Å². The van der Waals surface area contributed by atoms with Gasteiger partial charge in [0.05, 0.1) is 5.54 Å². The molecule has 1 saturated carbocycles. The molecule has 0 aromatic carbocycles. The summed E-state index contributed by atoms with van der Waals surface area (Å²) in [6.45, 7) is 7.32. The molecular weight excluding hydrogens is 200 g/mol. The van der Waals surface area contributed by atoms with Gasteiger partial charge in [-0.3, -0.25) is 0 Å². The van der Waals surface area contributed by atoms with E-state index in [1.54, 1.807) is 0 Å². The summed E-state index contributed by atoms with van der Waals surface area (Å²) in [6, 6.07) is 0. The van der Waals surface area contributed by atoms with Gasteiger partial charge in [0.2, 0.25) is 0 Å². The minimum atomic E-state index is -0.246. The molecule has 0 radical (unpaired) electrons. The summed E-state index contributed by atoms with van der Waals surface area (Å²) >= 11 is 0. The quantitative estimate of drug-likeness (QED) is 0.832. The number of aromatic nitrogens is 3. The predicted octanol–water partition coefficient (Wildman–Crippen LogP) is 1.97. The molecule has 0 unspecified atom stereocenters. The van der Waals surface area contributed by atoms with Crippen LogP contribution in [0.2, 0.25) is 0 Å². The number of rotatable bonds is 2. The molecule has 16 heavy (non-hydrogen) atoms. The second kappa shape index (κ2) is 4.17. The van der Waals surface area contributed by atoms with Crippen molar-refractivity contribution in [1.29, 1.82) is 0 Å². The molecule has 0 amide bonds. The molecule has 0 bridgehead atoms. The number of nitrogens with two attached hydrogens (primary N) is 1. The molecule has 1 fully saturated rings. The van der Waals surface area contributed by atoms with Crippen LogP contribution in [0.4, 0.5) is 0 Å². The minimum Gasteiger partial charge on any atom is -0.319 e. The highest BCUT2D eigenvalue weighted by molar-refractivity contribution is 5.09. The Balaban J connectivity index is 2.28. The van der Waals surface area contributed by atoms with Crippen molar-refractivity contribution in [2.24, 2.45) is 11.7 Å². The van der Waals surface area contributed by atoms with Crippen LogP contribution in [-0.4, -0.2) is 14.8 Å². The van der Waals surface area contributed by atoms with Crippen LogP contribution in [0.1, 0.15) is 51.2 Å². The molecule has 0 aliphatic heterocycles. The second-order valence-corrected chi connectivity index (χ2v) is 5.15. The Morgan fingerprint density at radius 2 is 2.00 bits per heavy atom. The van der Waals surface area contributed by atoms with Crippen molar-refractivity contribution >= 4 is 0 Å². The third-order valence-electron chi connectivity index (χ3n) is 3.86. The first-order valence-corrected chi connectivity index (χ1v) is 6.26. The molecule has 1 aliphatic rings. The molecule has 0 atom stereocenters. The monoisotopic (exact) mass is 222 g/mol. The van der Waals surface area contributed by atoms with Crippen LogP contribution in [0.5, 0.6) is 0 Å². The van der Waals surface area contributed by atoms with E-state index in [1.165, 1.54) is 12.8 Å². The van der Waals surface area contributed by atoms with E-state index in [9.17, 15) is 0 Å². The molecule has 1 heterocycles. The van der Waals surface area contributed by atoms with E-state index in [1.807, 2.05) is 6.92 Å². The predicted molar refractivity (Wildman–Crippen MR) is 63.9 cm³/mol. The zero-order valence-corrected chi connectivity index (χ0v) is 10.5. The lowest BCUT2D eigenvalue weighted by Crippen LogP contribution is -2.42. The van der Waals surface area contributed by atoms with Gasteiger partial charge in [0.15, 0.2) is 5.82 Å². The average Bonchev–Trinajstić information content (AvgIpc) is 2.65. The average molecular weight is 222 g/mol. The maximum atomic E-state index is 6.51. The molecule has 1 aromatic heterocycles. The Morgan fingerprint density at radius 3 is 2.56 bits per heavy atom. The van der Waals surface area contributed by atoms with Crippen LogP contribution in [0, 0.1) is 12.8 Å². The lowest BCUT2D eigenvalue weighted by atomic mass is 9.77. The zero-order valence-electron chi connectivity index (χ0n) is 10.5. The van der Waals surface area contributed by atoms with Gasteiger partial charge in [-0.1, -0.05) is 6.92 Å². The summed E-state index contributed by atoms with van der Waals surface area (Å²) < 4.78 is 2.15. The Bertz CT molecular complexity index is 361. The smallest absolute Gasteiger partial charge is 0.153 e. The second-order valence-electron chi connectivity index (χ2n) is 5.15. The van der Waals surface area contributed by atoms with E-state index in [0.29, 0.717) is 0 Å². The van der Waals surface area contributed by atoms with Crippen molar-refractivity contribution in [3.05, 3.63) is 11.6 Å². The molecule has 2 rings (SSSR count). The highest BCUT2D eigenvalue weighted by atomic mass is 15.3. The number of aryl methyl sites for hydroxylation is 1. The van der Waals surface area contributed by atoms with Gasteiger partial charge in [-0.25, -0.2) is 0 Å². The molecule has 0 spiro atoms. The fourth-order valence-electron chi connectivity index (χ4n) is 2.63. The van der Waals surface area contributed by atoms with Gasteiger partial charge in [-0.05, 0) is 45.4 Å². The maximum Gasteiger partial charge on any atom is 0.153 e. The van der Waals surface area contributed by atoms with Crippen molar-refractivity contribution in [2.75, 3.05) is 0 Å². The van der Waals surface area contributed by atoms with E-state index in [2.05, 4.69) is 28.6 Å². The highest BCUT2D eigenvalue weighted by Crippen LogP contribution is 2.36. The summed E-state index contributed by atoms with van der Waals surface area (Å²) in [5.74, 6) is 2.76. The van der Waals surface area contributed by atoms with Gasteiger partial charge in [-0.15, -0.1) is 10.2 Å². The van der Waals surface area contributed by atoms with Gasteiger partial charge in [0, 0.05) is 6.54 Å². The van der Waals surface area contributed by atoms with Gasteiger partial charge < -0.3 is 10.3 Å². The van der Waals surface area contributed by atoms with Crippen molar-refractivity contribution in [3.63, 3.8) is 0 Å². The fraction of sp³-hybridized carbons (Fsp3) is 0.833. The number of hydrogen-bond donors (Lipinski definition) is 1. The van der Waals surface area contributed by atoms with Gasteiger partial charge in [-0.2, -0.15) is 0 Å². The SMILES string of the molecule is CCn1c(C)nnc1C1(N)CCC(C)CC1. The lowest BCUT2D eigenvalue weighted by molar-refractivity contribution is 0.230. The van der Waals surface area contributed by atoms with Crippen molar-refractivity contribution < 1.29 is 0 Å². The van der Waals surface area contributed by atoms with E-state index in [0.717, 1.165) is 37.0 Å². The van der Waals surface area contributed by atoms with E-state index < -0.39 is 0 Å². The largest absolute Gasteiger partial charge is 0.319 e. The number of nitrogens with zero attached hydrogens (tertiary/aromatic N) is 3. The first-order valence-electron chi connectivity index (χ1n) is 6.26. The molecule has 4 nitrogen and oxygen atoms in total. The van der Waals surface area contributed by atoms with Crippen LogP contribution in [0.3, 0.4) is 0 Å². The van der Waals surface area contributed by atoms with E-state index in [4.69, 9.17) is 5.73 Å². The van der Waals surface area contributed by atoms with E-state index >= 15 is 0 Å². The first-order chi connectivity index (χ1) is 7.57.